The first-order chi connectivity index (χ1) is 6.63. The average molecular weight is 191 g/mol. The maximum atomic E-state index is 10.7. The lowest BCUT2D eigenvalue weighted by atomic mass is 10.2. The summed E-state index contributed by atoms with van der Waals surface area (Å²) in [7, 11) is 1.64. The van der Waals surface area contributed by atoms with E-state index >= 15 is 0 Å². The molecule has 0 saturated heterocycles. The van der Waals surface area contributed by atoms with Gasteiger partial charge in [0.15, 0.2) is 0 Å². The van der Waals surface area contributed by atoms with Crippen molar-refractivity contribution in [3.63, 3.8) is 0 Å². The highest BCUT2D eigenvalue weighted by molar-refractivity contribution is 5.98. The summed E-state index contributed by atoms with van der Waals surface area (Å²) in [6, 6.07) is 7.20. The summed E-state index contributed by atoms with van der Waals surface area (Å²) < 4.78 is 0. The highest BCUT2D eigenvalue weighted by Gasteiger charge is 1.98. The predicted molar refractivity (Wildman–Crippen MR) is 57.4 cm³/mol. The fraction of sp³-hybridized carbons (Fsp3) is 0.200. The molecule has 0 radical (unpaired) electrons. The van der Waals surface area contributed by atoms with E-state index < -0.39 is 0 Å². The molecular formula is C10H13N3O. The molecule has 0 unspecified atom stereocenters. The normalized spacial score (nSPS) is 11.1. The molecule has 74 valence electrons. The van der Waals surface area contributed by atoms with E-state index in [4.69, 9.17) is 5.73 Å². The molecule has 0 heterocycles. The van der Waals surface area contributed by atoms with Gasteiger partial charge in [-0.15, -0.1) is 0 Å². The Balaban J connectivity index is 2.83. The van der Waals surface area contributed by atoms with Crippen LogP contribution in [0.15, 0.2) is 29.3 Å². The molecule has 0 saturated carbocycles. The average Bonchev–Trinajstić information content (AvgIpc) is 2.17. The molecule has 0 aliphatic carbocycles. The molecule has 0 fully saturated rings. The van der Waals surface area contributed by atoms with Gasteiger partial charge in [0.2, 0.25) is 5.91 Å². The summed E-state index contributed by atoms with van der Waals surface area (Å²) in [5.74, 6) is 0.397. The first-order valence-electron chi connectivity index (χ1n) is 4.23. The number of nitrogens with zero attached hydrogens (tertiary/aromatic N) is 1. The molecule has 1 aromatic carbocycles. The van der Waals surface area contributed by atoms with Crippen LogP contribution in [0, 0.1) is 0 Å². The van der Waals surface area contributed by atoms with Crippen LogP contribution in [0.4, 0.5) is 5.69 Å². The number of hydrogen-bond donors (Lipinski definition) is 2. The molecule has 0 spiro atoms. The third kappa shape index (κ3) is 2.58. The van der Waals surface area contributed by atoms with Crippen LogP contribution >= 0.6 is 0 Å². The summed E-state index contributed by atoms with van der Waals surface area (Å²) in [5, 5.41) is 2.67. The van der Waals surface area contributed by atoms with E-state index in [1.165, 1.54) is 6.92 Å². The molecule has 4 nitrogen and oxygen atoms in total. The number of benzene rings is 1. The molecule has 0 aromatic heterocycles. The Kier molecular flexibility index (Phi) is 3.23. The second-order valence-electron chi connectivity index (χ2n) is 2.87. The molecule has 14 heavy (non-hydrogen) atoms. The number of aliphatic imine (C=N–C) groups is 1. The number of nitrogens with two attached hydrogens (primary N) is 1. The van der Waals surface area contributed by atoms with Gasteiger partial charge in [0, 0.05) is 25.2 Å². The van der Waals surface area contributed by atoms with Gasteiger partial charge in [-0.25, -0.2) is 0 Å². The van der Waals surface area contributed by atoms with Crippen LogP contribution < -0.4 is 11.1 Å². The minimum Gasteiger partial charge on any atom is -0.384 e. The van der Waals surface area contributed by atoms with E-state index in [2.05, 4.69) is 10.3 Å². The Morgan fingerprint density at radius 2 is 1.93 bits per heavy atom. The molecule has 1 rings (SSSR count). The number of anilines is 1. The van der Waals surface area contributed by atoms with Crippen molar-refractivity contribution in [1.82, 2.24) is 0 Å². The Hall–Kier alpha value is -1.84. The second-order valence-corrected chi connectivity index (χ2v) is 2.87. The van der Waals surface area contributed by atoms with Crippen LogP contribution in [-0.2, 0) is 4.79 Å². The predicted octanol–water partition coefficient (Wildman–Crippen LogP) is 0.980. The van der Waals surface area contributed by atoms with Crippen LogP contribution in [0.1, 0.15) is 12.5 Å². The van der Waals surface area contributed by atoms with Crippen molar-refractivity contribution in [3.05, 3.63) is 29.8 Å². The summed E-state index contributed by atoms with van der Waals surface area (Å²) in [4.78, 5) is 14.6. The van der Waals surface area contributed by atoms with Crippen molar-refractivity contribution in [2.75, 3.05) is 12.4 Å². The molecule has 3 N–H and O–H groups in total. The summed E-state index contributed by atoms with van der Waals surface area (Å²) in [5.41, 5.74) is 7.21. The van der Waals surface area contributed by atoms with Gasteiger partial charge in [0.1, 0.15) is 5.84 Å². The zero-order chi connectivity index (χ0) is 10.6. The number of carbonyl (C=O) groups excluding carboxylic acids is 1. The Morgan fingerprint density at radius 3 is 2.36 bits per heavy atom. The molecule has 0 atom stereocenters. The van der Waals surface area contributed by atoms with Gasteiger partial charge in [-0.05, 0) is 24.3 Å². The molecule has 1 aromatic rings. The largest absolute Gasteiger partial charge is 0.384 e. The highest BCUT2D eigenvalue weighted by atomic mass is 16.1. The van der Waals surface area contributed by atoms with Crippen molar-refractivity contribution >= 4 is 17.4 Å². The SMILES string of the molecule is CN=C(N)c1ccc(NC(C)=O)cc1. The Bertz CT molecular complexity index is 354. The minimum absolute atomic E-state index is 0.0881. The zero-order valence-corrected chi connectivity index (χ0v) is 8.24. The highest BCUT2D eigenvalue weighted by Crippen LogP contribution is 2.08. The topological polar surface area (TPSA) is 67.5 Å². The van der Waals surface area contributed by atoms with Gasteiger partial charge in [-0.3, -0.25) is 9.79 Å². The maximum absolute atomic E-state index is 10.7. The van der Waals surface area contributed by atoms with E-state index in [0.29, 0.717) is 5.84 Å². The van der Waals surface area contributed by atoms with Gasteiger partial charge in [0.25, 0.3) is 0 Å². The van der Waals surface area contributed by atoms with E-state index in [-0.39, 0.29) is 5.91 Å². The standard InChI is InChI=1S/C10H13N3O/c1-7(14)13-9-5-3-8(4-6-9)10(11)12-2/h3-6H,1-2H3,(H2,11,12)(H,13,14). The summed E-state index contributed by atoms with van der Waals surface area (Å²) in [6.45, 7) is 1.47. The number of amides is 1. The molecule has 0 aliphatic rings. The Labute approximate surface area is 82.8 Å². The van der Waals surface area contributed by atoms with Crippen molar-refractivity contribution in [1.29, 1.82) is 0 Å². The van der Waals surface area contributed by atoms with Crippen molar-refractivity contribution in [3.8, 4) is 0 Å². The number of amidine groups is 1. The van der Waals surface area contributed by atoms with Crippen LogP contribution in [0.3, 0.4) is 0 Å². The Morgan fingerprint density at radius 1 is 1.36 bits per heavy atom. The van der Waals surface area contributed by atoms with E-state index in [1.54, 1.807) is 19.2 Å². The van der Waals surface area contributed by atoms with Gasteiger partial charge in [0.05, 0.1) is 0 Å². The molecule has 0 aliphatic heterocycles. The maximum Gasteiger partial charge on any atom is 0.221 e. The van der Waals surface area contributed by atoms with Gasteiger partial charge in [-0.2, -0.15) is 0 Å². The molecule has 4 heteroatoms. The van der Waals surface area contributed by atoms with Crippen LogP contribution in [0.5, 0.6) is 0 Å². The lowest BCUT2D eigenvalue weighted by Crippen LogP contribution is -2.13. The third-order valence-electron chi connectivity index (χ3n) is 1.74. The van der Waals surface area contributed by atoms with Gasteiger partial charge in [-0.1, -0.05) is 0 Å². The molecular weight excluding hydrogens is 178 g/mol. The van der Waals surface area contributed by atoms with E-state index in [0.717, 1.165) is 11.3 Å². The lowest BCUT2D eigenvalue weighted by Gasteiger charge is -2.03. The fourth-order valence-electron chi connectivity index (χ4n) is 1.06. The zero-order valence-electron chi connectivity index (χ0n) is 8.24. The van der Waals surface area contributed by atoms with Crippen LogP contribution in [0.25, 0.3) is 0 Å². The van der Waals surface area contributed by atoms with Gasteiger partial charge >= 0.3 is 0 Å². The molecule has 1 amide bonds. The minimum atomic E-state index is -0.0881. The summed E-state index contributed by atoms with van der Waals surface area (Å²) in [6.07, 6.45) is 0. The van der Waals surface area contributed by atoms with Gasteiger partial charge < -0.3 is 11.1 Å². The van der Waals surface area contributed by atoms with Crippen LogP contribution in [-0.4, -0.2) is 18.8 Å². The van der Waals surface area contributed by atoms with Crippen molar-refractivity contribution in [2.24, 2.45) is 10.7 Å². The van der Waals surface area contributed by atoms with E-state index in [1.807, 2.05) is 12.1 Å². The lowest BCUT2D eigenvalue weighted by molar-refractivity contribution is -0.114. The number of carbonyl (C=O) groups is 1. The van der Waals surface area contributed by atoms with Crippen molar-refractivity contribution < 1.29 is 4.79 Å². The van der Waals surface area contributed by atoms with Crippen LogP contribution in [0.2, 0.25) is 0 Å². The fourth-order valence-corrected chi connectivity index (χ4v) is 1.06. The smallest absolute Gasteiger partial charge is 0.221 e. The number of rotatable bonds is 2. The summed E-state index contributed by atoms with van der Waals surface area (Å²) >= 11 is 0. The molecule has 0 bridgehead atoms. The number of nitrogens with one attached hydrogen (secondary N) is 1. The first kappa shape index (κ1) is 10.2. The first-order valence-corrected chi connectivity index (χ1v) is 4.23. The third-order valence-corrected chi connectivity index (χ3v) is 1.74. The second kappa shape index (κ2) is 4.41. The van der Waals surface area contributed by atoms with E-state index in [9.17, 15) is 4.79 Å². The number of hydrogen-bond acceptors (Lipinski definition) is 2. The monoisotopic (exact) mass is 191 g/mol. The van der Waals surface area contributed by atoms with Crippen molar-refractivity contribution in [2.45, 2.75) is 6.92 Å². The quantitative estimate of drug-likeness (QED) is 0.540.